The number of carbonyl (C=O) groups excluding carboxylic acids is 1. The molecule has 0 unspecified atom stereocenters. The van der Waals surface area contributed by atoms with E-state index in [2.05, 4.69) is 24.1 Å². The maximum Gasteiger partial charge on any atom is 0.321 e. The van der Waals surface area contributed by atoms with E-state index in [1.54, 1.807) is 0 Å². The zero-order valence-electron chi connectivity index (χ0n) is 13.0. The highest BCUT2D eigenvalue weighted by atomic mass is 35.5. The molecule has 0 aliphatic carbocycles. The summed E-state index contributed by atoms with van der Waals surface area (Å²) in [6.07, 6.45) is 0. The number of anilines is 1. The molecular formula is C16H24ClN3O. The molecule has 1 N–H and O–H groups in total. The second-order valence-electron chi connectivity index (χ2n) is 6.02. The van der Waals surface area contributed by atoms with Gasteiger partial charge in [-0.25, -0.2) is 4.79 Å². The van der Waals surface area contributed by atoms with Crippen molar-refractivity contribution in [2.24, 2.45) is 5.92 Å². The zero-order valence-corrected chi connectivity index (χ0v) is 13.8. The molecule has 116 valence electrons. The van der Waals surface area contributed by atoms with Gasteiger partial charge >= 0.3 is 6.03 Å². The molecule has 1 aliphatic heterocycles. The maximum atomic E-state index is 12.3. The van der Waals surface area contributed by atoms with Crippen molar-refractivity contribution in [1.29, 1.82) is 0 Å². The fourth-order valence-corrected chi connectivity index (χ4v) is 2.76. The van der Waals surface area contributed by atoms with Gasteiger partial charge in [-0.15, -0.1) is 0 Å². The van der Waals surface area contributed by atoms with E-state index in [-0.39, 0.29) is 6.03 Å². The molecule has 0 atom stereocenters. The third-order valence-electron chi connectivity index (χ3n) is 3.79. The molecule has 5 heteroatoms. The Morgan fingerprint density at radius 2 is 1.95 bits per heavy atom. The van der Waals surface area contributed by atoms with Crippen LogP contribution in [0.3, 0.4) is 0 Å². The number of benzene rings is 1. The van der Waals surface area contributed by atoms with E-state index >= 15 is 0 Å². The summed E-state index contributed by atoms with van der Waals surface area (Å²) in [5.74, 6) is 0.666. The molecule has 0 aromatic heterocycles. The first-order valence-electron chi connectivity index (χ1n) is 7.50. The Morgan fingerprint density at radius 1 is 1.29 bits per heavy atom. The highest BCUT2D eigenvalue weighted by Gasteiger charge is 2.21. The Balaban J connectivity index is 1.89. The lowest BCUT2D eigenvalue weighted by Gasteiger charge is -2.35. The molecular weight excluding hydrogens is 286 g/mol. The van der Waals surface area contributed by atoms with Crippen LogP contribution >= 0.6 is 11.6 Å². The number of amides is 2. The smallest absolute Gasteiger partial charge is 0.321 e. The fraction of sp³-hybridized carbons (Fsp3) is 0.562. The summed E-state index contributed by atoms with van der Waals surface area (Å²) in [6, 6.07) is 5.53. The number of carbonyl (C=O) groups is 1. The summed E-state index contributed by atoms with van der Waals surface area (Å²) in [5.41, 5.74) is 1.70. The molecule has 4 nitrogen and oxygen atoms in total. The normalized spacial score (nSPS) is 16.3. The molecule has 1 fully saturated rings. The number of nitrogens with zero attached hydrogens (tertiary/aromatic N) is 2. The van der Waals surface area contributed by atoms with Crippen molar-refractivity contribution >= 4 is 23.3 Å². The van der Waals surface area contributed by atoms with Crippen LogP contribution in [0.1, 0.15) is 19.4 Å². The van der Waals surface area contributed by atoms with Gasteiger partial charge in [0.15, 0.2) is 0 Å². The summed E-state index contributed by atoms with van der Waals surface area (Å²) < 4.78 is 0. The second-order valence-corrected chi connectivity index (χ2v) is 6.43. The Kier molecular flexibility index (Phi) is 5.48. The molecule has 2 amide bonds. The largest absolute Gasteiger partial charge is 0.322 e. The van der Waals surface area contributed by atoms with Crippen molar-refractivity contribution < 1.29 is 4.79 Å². The molecule has 0 saturated carbocycles. The van der Waals surface area contributed by atoms with Gasteiger partial charge in [-0.1, -0.05) is 31.5 Å². The van der Waals surface area contributed by atoms with Gasteiger partial charge < -0.3 is 10.2 Å². The average Bonchev–Trinajstić information content (AvgIpc) is 2.44. The second kappa shape index (κ2) is 7.14. The maximum absolute atomic E-state index is 12.3. The topological polar surface area (TPSA) is 35.6 Å². The summed E-state index contributed by atoms with van der Waals surface area (Å²) in [7, 11) is 0. The van der Waals surface area contributed by atoms with Crippen LogP contribution in [0.2, 0.25) is 5.02 Å². The third kappa shape index (κ3) is 4.35. The number of rotatable bonds is 3. The minimum Gasteiger partial charge on any atom is -0.322 e. The van der Waals surface area contributed by atoms with Crippen LogP contribution in [-0.2, 0) is 0 Å². The van der Waals surface area contributed by atoms with E-state index in [4.69, 9.17) is 11.6 Å². The van der Waals surface area contributed by atoms with E-state index in [0.29, 0.717) is 10.9 Å². The number of piperazine rings is 1. The Labute approximate surface area is 132 Å². The van der Waals surface area contributed by atoms with Gasteiger partial charge in [-0.2, -0.15) is 0 Å². The first-order valence-corrected chi connectivity index (χ1v) is 7.88. The molecule has 0 spiro atoms. The molecule has 0 bridgehead atoms. The number of nitrogens with one attached hydrogen (secondary N) is 1. The molecule has 1 aromatic carbocycles. The van der Waals surface area contributed by atoms with Crippen LogP contribution in [0.25, 0.3) is 0 Å². The van der Waals surface area contributed by atoms with Crippen molar-refractivity contribution in [3.05, 3.63) is 28.8 Å². The first-order chi connectivity index (χ1) is 9.97. The first kappa shape index (κ1) is 16.1. The monoisotopic (exact) mass is 309 g/mol. The molecule has 1 heterocycles. The summed E-state index contributed by atoms with van der Waals surface area (Å²) in [5, 5.41) is 3.64. The predicted molar refractivity (Wildman–Crippen MR) is 88.1 cm³/mol. The lowest BCUT2D eigenvalue weighted by Crippen LogP contribution is -2.50. The molecule has 0 radical (unpaired) electrons. The van der Waals surface area contributed by atoms with Gasteiger partial charge in [-0.05, 0) is 30.5 Å². The standard InChI is InChI=1S/C16H24ClN3O/c1-12(2)11-19-7-9-20(10-8-19)16(21)18-15-6-4-5-14(17)13(15)3/h4-6,12H,7-11H2,1-3H3,(H,18,21). The van der Waals surface area contributed by atoms with Gasteiger partial charge in [0.2, 0.25) is 0 Å². The van der Waals surface area contributed by atoms with E-state index < -0.39 is 0 Å². The van der Waals surface area contributed by atoms with Gasteiger partial charge in [-0.3, -0.25) is 4.90 Å². The van der Waals surface area contributed by atoms with Crippen LogP contribution in [-0.4, -0.2) is 48.6 Å². The van der Waals surface area contributed by atoms with Crippen LogP contribution in [0.15, 0.2) is 18.2 Å². The molecule has 1 aromatic rings. The number of hydrogen-bond donors (Lipinski definition) is 1. The highest BCUT2D eigenvalue weighted by molar-refractivity contribution is 6.31. The van der Waals surface area contributed by atoms with Crippen molar-refractivity contribution in [3.63, 3.8) is 0 Å². The van der Waals surface area contributed by atoms with Crippen LogP contribution in [0.4, 0.5) is 10.5 Å². The summed E-state index contributed by atoms with van der Waals surface area (Å²) in [4.78, 5) is 16.6. The van der Waals surface area contributed by atoms with Crippen LogP contribution < -0.4 is 5.32 Å². The highest BCUT2D eigenvalue weighted by Crippen LogP contribution is 2.23. The number of hydrogen-bond acceptors (Lipinski definition) is 2. The predicted octanol–water partition coefficient (Wildman–Crippen LogP) is 3.45. The summed E-state index contributed by atoms with van der Waals surface area (Å²) in [6.45, 7) is 10.9. The minimum atomic E-state index is -0.0374. The molecule has 1 saturated heterocycles. The van der Waals surface area contributed by atoms with Crippen molar-refractivity contribution in [1.82, 2.24) is 9.80 Å². The Morgan fingerprint density at radius 3 is 2.57 bits per heavy atom. The number of urea groups is 1. The van der Waals surface area contributed by atoms with Gasteiger partial charge in [0.05, 0.1) is 0 Å². The number of halogens is 1. The van der Waals surface area contributed by atoms with E-state index in [0.717, 1.165) is 44.0 Å². The van der Waals surface area contributed by atoms with Gasteiger partial charge in [0, 0.05) is 43.4 Å². The molecule has 21 heavy (non-hydrogen) atoms. The van der Waals surface area contributed by atoms with Gasteiger partial charge in [0.25, 0.3) is 0 Å². The fourth-order valence-electron chi connectivity index (χ4n) is 2.59. The quantitative estimate of drug-likeness (QED) is 0.928. The van der Waals surface area contributed by atoms with Crippen molar-refractivity contribution in [3.8, 4) is 0 Å². The summed E-state index contributed by atoms with van der Waals surface area (Å²) >= 11 is 6.08. The lowest BCUT2D eigenvalue weighted by molar-refractivity contribution is 0.138. The van der Waals surface area contributed by atoms with Crippen molar-refractivity contribution in [2.45, 2.75) is 20.8 Å². The van der Waals surface area contributed by atoms with Crippen LogP contribution in [0, 0.1) is 12.8 Å². The van der Waals surface area contributed by atoms with E-state index in [1.165, 1.54) is 0 Å². The minimum absolute atomic E-state index is 0.0374. The van der Waals surface area contributed by atoms with Crippen LogP contribution in [0.5, 0.6) is 0 Å². The Bertz CT molecular complexity index is 496. The SMILES string of the molecule is Cc1c(Cl)cccc1NC(=O)N1CCN(CC(C)C)CC1. The Hall–Kier alpha value is -1.26. The average molecular weight is 310 g/mol. The van der Waals surface area contributed by atoms with Gasteiger partial charge in [0.1, 0.15) is 0 Å². The third-order valence-corrected chi connectivity index (χ3v) is 4.20. The molecule has 2 rings (SSSR count). The van der Waals surface area contributed by atoms with E-state index in [1.807, 2.05) is 30.0 Å². The van der Waals surface area contributed by atoms with Crippen molar-refractivity contribution in [2.75, 3.05) is 38.0 Å². The zero-order chi connectivity index (χ0) is 15.4. The lowest BCUT2D eigenvalue weighted by atomic mass is 10.2. The van der Waals surface area contributed by atoms with E-state index in [9.17, 15) is 4.79 Å². The molecule has 1 aliphatic rings.